The van der Waals surface area contributed by atoms with E-state index in [1.54, 1.807) is 6.07 Å². The minimum Gasteiger partial charge on any atom is -0.478 e. The molecule has 1 atom stereocenters. The van der Waals surface area contributed by atoms with Crippen molar-refractivity contribution in [2.45, 2.75) is 26.4 Å². The zero-order valence-corrected chi connectivity index (χ0v) is 11.6. The molecule has 3 heteroatoms. The molecule has 2 aromatic rings. The first-order valence-corrected chi connectivity index (χ1v) is 6.64. The number of aryl methyl sites for hydroxylation is 1. The van der Waals surface area contributed by atoms with Crippen LogP contribution in [-0.2, 0) is 0 Å². The lowest BCUT2D eigenvalue weighted by atomic mass is 9.96. The molecule has 104 valence electrons. The van der Waals surface area contributed by atoms with E-state index in [1.807, 2.05) is 44.2 Å². The van der Waals surface area contributed by atoms with Crippen LogP contribution in [0.3, 0.4) is 0 Å². The molecule has 0 heterocycles. The second-order valence-electron chi connectivity index (χ2n) is 4.94. The Hall–Kier alpha value is -2.13. The van der Waals surface area contributed by atoms with Crippen molar-refractivity contribution in [1.29, 1.82) is 0 Å². The summed E-state index contributed by atoms with van der Waals surface area (Å²) < 4.78 is 0. The molecule has 2 rings (SSSR count). The SMILES string of the molecule is CCC(O)c1cc(C(=O)O)cc(-c2ccc(C)cc2)c1. The Bertz CT molecular complexity index is 615. The van der Waals surface area contributed by atoms with Crippen molar-refractivity contribution in [3.05, 3.63) is 59.2 Å². The Morgan fingerprint density at radius 3 is 2.30 bits per heavy atom. The van der Waals surface area contributed by atoms with E-state index < -0.39 is 12.1 Å². The highest BCUT2D eigenvalue weighted by Crippen LogP contribution is 2.27. The molecule has 1 unspecified atom stereocenters. The molecular weight excluding hydrogens is 252 g/mol. The summed E-state index contributed by atoms with van der Waals surface area (Å²) >= 11 is 0. The van der Waals surface area contributed by atoms with Gasteiger partial charge in [0.2, 0.25) is 0 Å². The summed E-state index contributed by atoms with van der Waals surface area (Å²) in [6.45, 7) is 3.87. The lowest BCUT2D eigenvalue weighted by molar-refractivity contribution is 0.0696. The van der Waals surface area contributed by atoms with Crippen molar-refractivity contribution in [1.82, 2.24) is 0 Å². The average molecular weight is 270 g/mol. The molecular formula is C17H18O3. The average Bonchev–Trinajstić information content (AvgIpc) is 2.46. The molecule has 0 amide bonds. The molecule has 0 aliphatic carbocycles. The molecule has 3 nitrogen and oxygen atoms in total. The van der Waals surface area contributed by atoms with Gasteiger partial charge in [-0.15, -0.1) is 0 Å². The van der Waals surface area contributed by atoms with Crippen molar-refractivity contribution in [2.24, 2.45) is 0 Å². The first-order chi connectivity index (χ1) is 9.51. The van der Waals surface area contributed by atoms with Crippen LogP contribution in [0.1, 0.15) is 40.9 Å². The number of rotatable bonds is 4. The van der Waals surface area contributed by atoms with Crippen molar-refractivity contribution >= 4 is 5.97 Å². The maximum Gasteiger partial charge on any atom is 0.335 e. The van der Waals surface area contributed by atoms with Gasteiger partial charge in [0.1, 0.15) is 0 Å². The molecule has 0 aliphatic heterocycles. The van der Waals surface area contributed by atoms with Crippen LogP contribution in [0.2, 0.25) is 0 Å². The Kier molecular flexibility index (Phi) is 4.20. The van der Waals surface area contributed by atoms with Crippen LogP contribution >= 0.6 is 0 Å². The third-order valence-corrected chi connectivity index (χ3v) is 3.36. The summed E-state index contributed by atoms with van der Waals surface area (Å²) in [7, 11) is 0. The van der Waals surface area contributed by atoms with E-state index in [-0.39, 0.29) is 5.56 Å². The molecule has 2 N–H and O–H groups in total. The highest BCUT2D eigenvalue weighted by molar-refractivity contribution is 5.90. The van der Waals surface area contributed by atoms with Gasteiger partial charge in [0.05, 0.1) is 11.7 Å². The molecule has 20 heavy (non-hydrogen) atoms. The van der Waals surface area contributed by atoms with Gasteiger partial charge in [-0.25, -0.2) is 4.79 Å². The van der Waals surface area contributed by atoms with Crippen LogP contribution in [0.4, 0.5) is 0 Å². The van der Waals surface area contributed by atoms with E-state index in [4.69, 9.17) is 0 Å². The van der Waals surface area contributed by atoms with E-state index in [0.717, 1.165) is 16.7 Å². The third-order valence-electron chi connectivity index (χ3n) is 3.36. The number of aliphatic hydroxyl groups excluding tert-OH is 1. The molecule has 0 radical (unpaired) electrons. The van der Waals surface area contributed by atoms with Crippen LogP contribution in [0.15, 0.2) is 42.5 Å². The van der Waals surface area contributed by atoms with Crippen molar-refractivity contribution in [3.63, 3.8) is 0 Å². The Morgan fingerprint density at radius 1 is 1.10 bits per heavy atom. The lowest BCUT2D eigenvalue weighted by Crippen LogP contribution is -2.02. The van der Waals surface area contributed by atoms with Crippen molar-refractivity contribution < 1.29 is 15.0 Å². The van der Waals surface area contributed by atoms with Gasteiger partial charge in [0, 0.05) is 0 Å². The molecule has 0 aromatic heterocycles. The number of carbonyl (C=O) groups is 1. The quantitative estimate of drug-likeness (QED) is 0.888. The lowest BCUT2D eigenvalue weighted by Gasteiger charge is -2.12. The van der Waals surface area contributed by atoms with Gasteiger partial charge in [-0.2, -0.15) is 0 Å². The maximum atomic E-state index is 11.2. The normalized spacial score (nSPS) is 12.2. The fourth-order valence-corrected chi connectivity index (χ4v) is 2.12. The Balaban J connectivity index is 2.54. The molecule has 0 aliphatic rings. The zero-order valence-electron chi connectivity index (χ0n) is 11.6. The smallest absolute Gasteiger partial charge is 0.335 e. The largest absolute Gasteiger partial charge is 0.478 e. The van der Waals surface area contributed by atoms with E-state index in [2.05, 4.69) is 0 Å². The predicted octanol–water partition coefficient (Wildman–Crippen LogP) is 3.80. The summed E-state index contributed by atoms with van der Waals surface area (Å²) in [6.07, 6.45) is -0.0883. The highest BCUT2D eigenvalue weighted by atomic mass is 16.4. The van der Waals surface area contributed by atoms with Gasteiger partial charge >= 0.3 is 5.97 Å². The summed E-state index contributed by atoms with van der Waals surface area (Å²) in [5.74, 6) is -0.983. The standard InChI is InChI=1S/C17H18O3/c1-3-16(18)14-8-13(9-15(10-14)17(19)20)12-6-4-11(2)5-7-12/h4-10,16,18H,3H2,1-2H3,(H,19,20). The summed E-state index contributed by atoms with van der Waals surface area (Å²) in [4.78, 5) is 11.2. The minimum atomic E-state index is -0.983. The first-order valence-electron chi connectivity index (χ1n) is 6.64. The van der Waals surface area contributed by atoms with Crippen molar-refractivity contribution in [3.8, 4) is 11.1 Å². The fraction of sp³-hybridized carbons (Fsp3) is 0.235. The topological polar surface area (TPSA) is 57.5 Å². The van der Waals surface area contributed by atoms with Gasteiger partial charge < -0.3 is 10.2 Å². The summed E-state index contributed by atoms with van der Waals surface area (Å²) in [5, 5.41) is 19.2. The number of hydrogen-bond acceptors (Lipinski definition) is 2. The van der Waals surface area contributed by atoms with Crippen LogP contribution < -0.4 is 0 Å². The third kappa shape index (κ3) is 3.06. The Labute approximate surface area is 118 Å². The maximum absolute atomic E-state index is 11.2. The Morgan fingerprint density at radius 2 is 1.75 bits per heavy atom. The number of hydrogen-bond donors (Lipinski definition) is 2. The van der Waals surface area contributed by atoms with E-state index in [1.165, 1.54) is 6.07 Å². The van der Waals surface area contributed by atoms with Gasteiger partial charge in [0.15, 0.2) is 0 Å². The fourth-order valence-electron chi connectivity index (χ4n) is 2.12. The van der Waals surface area contributed by atoms with Gasteiger partial charge in [-0.05, 0) is 48.2 Å². The minimum absolute atomic E-state index is 0.200. The highest BCUT2D eigenvalue weighted by Gasteiger charge is 2.12. The van der Waals surface area contributed by atoms with Gasteiger partial charge in [0.25, 0.3) is 0 Å². The van der Waals surface area contributed by atoms with E-state index >= 15 is 0 Å². The zero-order chi connectivity index (χ0) is 14.7. The molecule has 0 saturated carbocycles. The van der Waals surface area contributed by atoms with E-state index in [0.29, 0.717) is 12.0 Å². The number of aromatic carboxylic acids is 1. The summed E-state index contributed by atoms with van der Waals surface area (Å²) in [6, 6.07) is 12.9. The second-order valence-corrected chi connectivity index (χ2v) is 4.94. The molecule has 0 spiro atoms. The molecule has 0 fully saturated rings. The number of benzene rings is 2. The number of carboxylic acid groups (broad SMARTS) is 1. The second kappa shape index (κ2) is 5.88. The van der Waals surface area contributed by atoms with Crippen molar-refractivity contribution in [2.75, 3.05) is 0 Å². The van der Waals surface area contributed by atoms with Crippen LogP contribution in [-0.4, -0.2) is 16.2 Å². The monoisotopic (exact) mass is 270 g/mol. The predicted molar refractivity (Wildman–Crippen MR) is 78.8 cm³/mol. The first kappa shape index (κ1) is 14.3. The van der Waals surface area contributed by atoms with Crippen LogP contribution in [0.25, 0.3) is 11.1 Å². The van der Waals surface area contributed by atoms with Crippen LogP contribution in [0, 0.1) is 6.92 Å². The molecule has 0 saturated heterocycles. The number of aliphatic hydroxyl groups is 1. The molecule has 0 bridgehead atoms. The number of carboxylic acids is 1. The van der Waals surface area contributed by atoms with E-state index in [9.17, 15) is 15.0 Å². The van der Waals surface area contributed by atoms with Crippen LogP contribution in [0.5, 0.6) is 0 Å². The van der Waals surface area contributed by atoms with Gasteiger partial charge in [-0.1, -0.05) is 36.8 Å². The molecule has 2 aromatic carbocycles. The van der Waals surface area contributed by atoms with Gasteiger partial charge in [-0.3, -0.25) is 0 Å². The summed E-state index contributed by atoms with van der Waals surface area (Å²) in [5.41, 5.74) is 3.75.